The molecule has 0 aliphatic carbocycles. The number of fused-ring (bicyclic) bond motifs is 1. The number of anilines is 2. The van der Waals surface area contributed by atoms with Gasteiger partial charge in [-0.25, -0.2) is 17.2 Å². The molecule has 5 rings (SSSR count). The van der Waals surface area contributed by atoms with Gasteiger partial charge in [0.15, 0.2) is 11.6 Å². The predicted molar refractivity (Wildman–Crippen MR) is 123 cm³/mol. The molecule has 182 valence electrons. The highest BCUT2D eigenvalue weighted by atomic mass is 35.5. The van der Waals surface area contributed by atoms with Crippen molar-refractivity contribution >= 4 is 44.2 Å². The summed E-state index contributed by atoms with van der Waals surface area (Å²) in [6.07, 6.45) is 1.22. The summed E-state index contributed by atoms with van der Waals surface area (Å²) >= 11 is 6.34. The van der Waals surface area contributed by atoms with Crippen molar-refractivity contribution in [3.05, 3.63) is 64.1 Å². The molecular weight excluding hydrogens is 508 g/mol. The zero-order chi connectivity index (χ0) is 25.0. The van der Waals surface area contributed by atoms with Gasteiger partial charge in [0, 0.05) is 17.5 Å². The molecule has 10 nitrogen and oxygen atoms in total. The van der Waals surface area contributed by atoms with Gasteiger partial charge in [-0.05, 0) is 30.3 Å². The van der Waals surface area contributed by atoms with Crippen molar-refractivity contribution in [2.45, 2.75) is 10.8 Å². The zero-order valence-corrected chi connectivity index (χ0v) is 19.5. The van der Waals surface area contributed by atoms with Gasteiger partial charge in [-0.15, -0.1) is 0 Å². The molecule has 4 aromatic rings. The average molecular weight is 524 g/mol. The van der Waals surface area contributed by atoms with Gasteiger partial charge in [0.2, 0.25) is 5.88 Å². The third-order valence-corrected chi connectivity index (χ3v) is 6.97. The van der Waals surface area contributed by atoms with Crippen molar-refractivity contribution in [3.8, 4) is 11.6 Å². The van der Waals surface area contributed by atoms with Gasteiger partial charge >= 0.3 is 0 Å². The van der Waals surface area contributed by atoms with Gasteiger partial charge < -0.3 is 14.2 Å². The van der Waals surface area contributed by atoms with Gasteiger partial charge in [-0.1, -0.05) is 16.8 Å². The number of methoxy groups -OCH3 is 1. The number of hydrogen-bond acceptors (Lipinski definition) is 8. The lowest BCUT2D eigenvalue weighted by Gasteiger charge is -2.40. The number of nitrogens with zero attached hydrogens (tertiary/aromatic N) is 4. The lowest BCUT2D eigenvalue weighted by molar-refractivity contribution is -0.0267. The summed E-state index contributed by atoms with van der Waals surface area (Å²) in [6, 6.07) is 9.62. The van der Waals surface area contributed by atoms with E-state index in [9.17, 15) is 22.0 Å². The van der Waals surface area contributed by atoms with Gasteiger partial charge in [-0.2, -0.15) is 4.98 Å². The fourth-order valence-electron chi connectivity index (χ4n) is 3.75. The minimum atomic E-state index is -3.99. The molecule has 14 heteroatoms. The van der Waals surface area contributed by atoms with Gasteiger partial charge in [0.05, 0.1) is 35.6 Å². The molecule has 4 heterocycles. The van der Waals surface area contributed by atoms with E-state index in [2.05, 4.69) is 19.4 Å². The summed E-state index contributed by atoms with van der Waals surface area (Å²) in [5, 5.41) is 4.00. The molecule has 1 saturated heterocycles. The van der Waals surface area contributed by atoms with E-state index < -0.39 is 34.6 Å². The standard InChI is InChI=1S/C21H16ClF2N5O5S/c1-33-20-16(9-14(22)19(25-20)28-10-21(23,24)11-28)29-15-4-3-13(8-12(15)2-5-18(29)30)35(31,32)27-17-6-7-34-26-17/h2-9H,10-11H2,1H3,(H,26,27). The highest BCUT2D eigenvalue weighted by Crippen LogP contribution is 2.38. The van der Waals surface area contributed by atoms with Crippen molar-refractivity contribution in [3.63, 3.8) is 0 Å². The Labute approximate surface area is 201 Å². The van der Waals surface area contributed by atoms with Crippen LogP contribution in [0, 0.1) is 0 Å². The third kappa shape index (κ3) is 4.17. The Balaban J connectivity index is 1.60. The van der Waals surface area contributed by atoms with E-state index in [0.717, 1.165) is 0 Å². The largest absolute Gasteiger partial charge is 0.479 e. The van der Waals surface area contributed by atoms with E-state index in [4.69, 9.17) is 16.3 Å². The highest BCUT2D eigenvalue weighted by molar-refractivity contribution is 7.92. The first-order valence-electron chi connectivity index (χ1n) is 10.0. The normalized spacial score (nSPS) is 15.1. The summed E-state index contributed by atoms with van der Waals surface area (Å²) in [6.45, 7) is -1.06. The van der Waals surface area contributed by atoms with Crippen LogP contribution in [0.25, 0.3) is 16.6 Å². The molecule has 0 unspecified atom stereocenters. The Bertz CT molecular complexity index is 1600. The number of pyridine rings is 2. The minimum Gasteiger partial charge on any atom is -0.479 e. The quantitative estimate of drug-likeness (QED) is 0.409. The molecule has 0 amide bonds. The number of sulfonamides is 1. The third-order valence-electron chi connectivity index (χ3n) is 5.33. The molecule has 0 atom stereocenters. The van der Waals surface area contributed by atoms with Crippen LogP contribution in [-0.4, -0.2) is 49.2 Å². The summed E-state index contributed by atoms with van der Waals surface area (Å²) in [5.41, 5.74) is 0.0472. The van der Waals surface area contributed by atoms with Crippen LogP contribution in [-0.2, 0) is 10.0 Å². The fraction of sp³-hybridized carbons (Fsp3) is 0.190. The molecule has 1 aliphatic rings. The van der Waals surface area contributed by atoms with E-state index in [1.807, 2.05) is 0 Å². The van der Waals surface area contributed by atoms with Crippen LogP contribution in [0.3, 0.4) is 0 Å². The number of aromatic nitrogens is 3. The van der Waals surface area contributed by atoms with Gasteiger partial charge in [0.1, 0.15) is 12.0 Å². The summed E-state index contributed by atoms with van der Waals surface area (Å²) in [5.74, 6) is -2.72. The Morgan fingerprint density at radius 3 is 2.60 bits per heavy atom. The van der Waals surface area contributed by atoms with Crippen molar-refractivity contribution in [2.24, 2.45) is 0 Å². The number of alkyl halides is 2. The highest BCUT2D eigenvalue weighted by Gasteiger charge is 2.45. The molecular formula is C21H16ClF2N5O5S. The maximum Gasteiger partial charge on any atom is 0.282 e. The van der Waals surface area contributed by atoms with Crippen LogP contribution in [0.15, 0.2) is 62.9 Å². The molecule has 0 radical (unpaired) electrons. The van der Waals surface area contributed by atoms with Crippen LogP contribution in [0.5, 0.6) is 5.88 Å². The van der Waals surface area contributed by atoms with Crippen LogP contribution < -0.4 is 19.9 Å². The first-order valence-corrected chi connectivity index (χ1v) is 11.9. The molecule has 1 N–H and O–H groups in total. The predicted octanol–water partition coefficient (Wildman–Crippen LogP) is 3.29. The molecule has 1 aliphatic heterocycles. The number of rotatable bonds is 6. The molecule has 35 heavy (non-hydrogen) atoms. The molecule has 0 bridgehead atoms. The lowest BCUT2D eigenvalue weighted by atomic mass is 10.1. The first kappa shape index (κ1) is 23.1. The molecule has 0 spiro atoms. The number of nitrogens with one attached hydrogen (secondary N) is 1. The number of benzene rings is 1. The van der Waals surface area contributed by atoms with Gasteiger partial charge in [-0.3, -0.25) is 14.1 Å². The maximum absolute atomic E-state index is 13.3. The molecule has 3 aromatic heterocycles. The van der Waals surface area contributed by atoms with E-state index in [-0.39, 0.29) is 33.1 Å². The van der Waals surface area contributed by atoms with E-state index in [0.29, 0.717) is 10.9 Å². The Morgan fingerprint density at radius 1 is 1.17 bits per heavy atom. The smallest absolute Gasteiger partial charge is 0.282 e. The molecule has 1 fully saturated rings. The second-order valence-electron chi connectivity index (χ2n) is 7.75. The van der Waals surface area contributed by atoms with Crippen LogP contribution in [0.1, 0.15) is 0 Å². The van der Waals surface area contributed by atoms with Crippen LogP contribution in [0.4, 0.5) is 20.4 Å². The average Bonchev–Trinajstić information content (AvgIpc) is 3.29. The summed E-state index contributed by atoms with van der Waals surface area (Å²) in [7, 11) is -2.66. The Kier molecular flexibility index (Phi) is 5.40. The van der Waals surface area contributed by atoms with Crippen molar-refractivity contribution < 1.29 is 26.5 Å². The van der Waals surface area contributed by atoms with Crippen molar-refractivity contribution in [1.29, 1.82) is 0 Å². The summed E-state index contributed by atoms with van der Waals surface area (Å²) < 4.78 is 65.6. The topological polar surface area (TPSA) is 120 Å². The maximum atomic E-state index is 13.3. The van der Waals surface area contributed by atoms with Crippen LogP contribution in [0.2, 0.25) is 5.02 Å². The monoisotopic (exact) mass is 523 g/mol. The van der Waals surface area contributed by atoms with Crippen molar-refractivity contribution in [1.82, 2.24) is 14.7 Å². The Morgan fingerprint density at radius 2 is 1.94 bits per heavy atom. The van der Waals surface area contributed by atoms with Crippen LogP contribution >= 0.6 is 11.6 Å². The molecule has 0 saturated carbocycles. The van der Waals surface area contributed by atoms with E-state index >= 15 is 0 Å². The van der Waals surface area contributed by atoms with Crippen molar-refractivity contribution in [2.75, 3.05) is 29.8 Å². The lowest BCUT2D eigenvalue weighted by Crippen LogP contribution is -2.56. The molecule has 1 aromatic carbocycles. The first-order chi connectivity index (χ1) is 16.6. The minimum absolute atomic E-state index is 0.0144. The number of hydrogen-bond donors (Lipinski definition) is 1. The number of ether oxygens (including phenoxy) is 1. The number of halogens is 3. The fourth-order valence-corrected chi connectivity index (χ4v) is 5.04. The van der Waals surface area contributed by atoms with Gasteiger partial charge in [0.25, 0.3) is 21.5 Å². The van der Waals surface area contributed by atoms with E-state index in [1.165, 1.54) is 65.3 Å². The second-order valence-corrected chi connectivity index (χ2v) is 9.84. The second kappa shape index (κ2) is 8.20. The van der Waals surface area contributed by atoms with E-state index in [1.54, 1.807) is 0 Å². The zero-order valence-electron chi connectivity index (χ0n) is 17.9. The SMILES string of the molecule is COc1nc(N2CC(F)(F)C2)c(Cl)cc1-n1c(=O)ccc2cc(S(=O)(=O)Nc3ccon3)ccc21. The summed E-state index contributed by atoms with van der Waals surface area (Å²) in [4.78, 5) is 18.3. The Hall–Kier alpha value is -3.71.